The van der Waals surface area contributed by atoms with Crippen molar-refractivity contribution in [2.75, 3.05) is 20.3 Å². The molecule has 1 N–H and O–H groups in total. The molecule has 1 saturated carbocycles. The molecule has 4 nitrogen and oxygen atoms in total. The van der Waals surface area contributed by atoms with Crippen LogP contribution in [-0.2, 0) is 17.8 Å². The van der Waals surface area contributed by atoms with Crippen molar-refractivity contribution in [3.8, 4) is 0 Å². The van der Waals surface area contributed by atoms with Crippen LogP contribution in [0.2, 0.25) is 0 Å². The first-order chi connectivity index (χ1) is 10.3. The van der Waals surface area contributed by atoms with E-state index >= 15 is 0 Å². The van der Waals surface area contributed by atoms with E-state index in [4.69, 9.17) is 4.74 Å². The minimum atomic E-state index is 0.0675. The Bertz CT molecular complexity index is 471. The Hall–Kier alpha value is -0.910. The predicted molar refractivity (Wildman–Crippen MR) is 84.6 cm³/mol. The van der Waals surface area contributed by atoms with Crippen molar-refractivity contribution in [3.63, 3.8) is 0 Å². The molecule has 1 aromatic rings. The SMILES string of the molecule is COCCCNC(=O)c1cc2c(s1)CN(C1CCCC1)C2. The van der Waals surface area contributed by atoms with Crippen molar-refractivity contribution in [2.45, 2.75) is 51.2 Å². The molecule has 0 saturated heterocycles. The van der Waals surface area contributed by atoms with Crippen molar-refractivity contribution in [2.24, 2.45) is 0 Å². The third kappa shape index (κ3) is 3.47. The second kappa shape index (κ2) is 6.90. The van der Waals surface area contributed by atoms with Crippen molar-refractivity contribution in [1.29, 1.82) is 0 Å². The van der Waals surface area contributed by atoms with Gasteiger partial charge in [-0.1, -0.05) is 12.8 Å². The van der Waals surface area contributed by atoms with E-state index in [0.717, 1.165) is 30.4 Å². The predicted octanol–water partition coefficient (Wildman–Crippen LogP) is 2.77. The maximum atomic E-state index is 12.1. The van der Waals surface area contributed by atoms with Gasteiger partial charge in [0.1, 0.15) is 0 Å². The standard InChI is InChI=1S/C16H24N2O2S/c1-20-8-4-7-17-16(19)14-9-12-10-18(11-15(12)21-14)13-5-2-3-6-13/h9,13H,2-8,10-11H2,1H3,(H,17,19). The van der Waals surface area contributed by atoms with Gasteiger partial charge in [-0.2, -0.15) is 0 Å². The number of nitrogens with one attached hydrogen (secondary N) is 1. The van der Waals surface area contributed by atoms with Crippen LogP contribution in [0.4, 0.5) is 0 Å². The number of nitrogens with zero attached hydrogens (tertiary/aromatic N) is 1. The van der Waals surface area contributed by atoms with Crippen LogP contribution in [0, 0.1) is 0 Å². The maximum absolute atomic E-state index is 12.1. The monoisotopic (exact) mass is 308 g/mol. The Morgan fingerprint density at radius 3 is 2.95 bits per heavy atom. The van der Waals surface area contributed by atoms with Gasteiger partial charge in [-0.25, -0.2) is 0 Å². The molecule has 1 fully saturated rings. The number of rotatable bonds is 6. The first-order valence-electron chi connectivity index (χ1n) is 7.90. The summed E-state index contributed by atoms with van der Waals surface area (Å²) in [5, 5.41) is 2.97. The lowest BCUT2D eigenvalue weighted by Gasteiger charge is -2.22. The van der Waals surface area contributed by atoms with Crippen molar-refractivity contribution < 1.29 is 9.53 Å². The molecule has 0 aromatic carbocycles. The number of thiophene rings is 1. The van der Waals surface area contributed by atoms with E-state index in [1.807, 2.05) is 0 Å². The van der Waals surface area contributed by atoms with E-state index < -0.39 is 0 Å². The molecule has 1 aliphatic heterocycles. The van der Waals surface area contributed by atoms with E-state index in [9.17, 15) is 4.79 Å². The summed E-state index contributed by atoms with van der Waals surface area (Å²) in [6.07, 6.45) is 6.32. The third-order valence-electron chi connectivity index (χ3n) is 4.49. The number of carbonyl (C=O) groups is 1. The van der Waals surface area contributed by atoms with Gasteiger partial charge < -0.3 is 10.1 Å². The molecule has 0 radical (unpaired) electrons. The lowest BCUT2D eigenvalue weighted by atomic mass is 10.2. The molecular formula is C16H24N2O2S. The van der Waals surface area contributed by atoms with Crippen LogP contribution in [0.1, 0.15) is 52.2 Å². The fraction of sp³-hybridized carbons (Fsp3) is 0.688. The second-order valence-corrected chi connectivity index (χ2v) is 7.14. The molecule has 2 heterocycles. The molecular weight excluding hydrogens is 284 g/mol. The van der Waals surface area contributed by atoms with Crippen LogP contribution in [-0.4, -0.2) is 37.1 Å². The van der Waals surface area contributed by atoms with Crippen molar-refractivity contribution >= 4 is 17.2 Å². The highest BCUT2D eigenvalue weighted by atomic mass is 32.1. The zero-order chi connectivity index (χ0) is 14.7. The van der Waals surface area contributed by atoms with Gasteiger partial charge in [0, 0.05) is 44.3 Å². The average Bonchev–Trinajstić information content (AvgIpc) is 3.16. The van der Waals surface area contributed by atoms with E-state index in [0.29, 0.717) is 13.2 Å². The quantitative estimate of drug-likeness (QED) is 0.822. The van der Waals surface area contributed by atoms with Gasteiger partial charge >= 0.3 is 0 Å². The van der Waals surface area contributed by atoms with Crippen molar-refractivity contribution in [1.82, 2.24) is 10.2 Å². The van der Waals surface area contributed by atoms with Crippen LogP contribution < -0.4 is 5.32 Å². The summed E-state index contributed by atoms with van der Waals surface area (Å²) in [6, 6.07) is 2.87. The molecule has 21 heavy (non-hydrogen) atoms. The number of fused-ring (bicyclic) bond motifs is 1. The van der Waals surface area contributed by atoms with Gasteiger partial charge in [0.15, 0.2) is 0 Å². The van der Waals surface area contributed by atoms with E-state index in [-0.39, 0.29) is 5.91 Å². The summed E-state index contributed by atoms with van der Waals surface area (Å²) < 4.78 is 4.99. The average molecular weight is 308 g/mol. The molecule has 0 atom stereocenters. The molecule has 116 valence electrons. The Kier molecular flexibility index (Phi) is 4.93. The fourth-order valence-corrected chi connectivity index (χ4v) is 4.45. The fourth-order valence-electron chi connectivity index (χ4n) is 3.34. The Balaban J connectivity index is 1.52. The second-order valence-electron chi connectivity index (χ2n) is 6.00. The first kappa shape index (κ1) is 15.0. The Morgan fingerprint density at radius 2 is 2.24 bits per heavy atom. The molecule has 0 bridgehead atoms. The number of ether oxygens (including phenoxy) is 1. The molecule has 0 spiro atoms. The molecule has 0 unspecified atom stereocenters. The first-order valence-corrected chi connectivity index (χ1v) is 8.72. The van der Waals surface area contributed by atoms with Crippen LogP contribution in [0.3, 0.4) is 0 Å². The lowest BCUT2D eigenvalue weighted by molar-refractivity contribution is 0.0952. The van der Waals surface area contributed by atoms with Gasteiger partial charge in [-0.3, -0.25) is 9.69 Å². The molecule has 1 aromatic heterocycles. The lowest BCUT2D eigenvalue weighted by Crippen LogP contribution is -2.28. The molecule has 5 heteroatoms. The normalized spacial score (nSPS) is 19.1. The number of amides is 1. The van der Waals surface area contributed by atoms with Crippen LogP contribution in [0.15, 0.2) is 6.07 Å². The largest absolute Gasteiger partial charge is 0.385 e. The Morgan fingerprint density at radius 1 is 1.43 bits per heavy atom. The summed E-state index contributed by atoms with van der Waals surface area (Å²) in [7, 11) is 1.68. The summed E-state index contributed by atoms with van der Waals surface area (Å²) in [6.45, 7) is 3.45. The minimum Gasteiger partial charge on any atom is -0.385 e. The highest BCUT2D eigenvalue weighted by molar-refractivity contribution is 7.14. The molecule has 3 rings (SSSR count). The summed E-state index contributed by atoms with van der Waals surface area (Å²) in [4.78, 5) is 16.9. The highest BCUT2D eigenvalue weighted by Crippen LogP contribution is 2.35. The summed E-state index contributed by atoms with van der Waals surface area (Å²) in [5.41, 5.74) is 1.37. The number of carbonyl (C=O) groups excluding carboxylic acids is 1. The minimum absolute atomic E-state index is 0.0675. The van der Waals surface area contributed by atoms with E-state index in [1.54, 1.807) is 18.4 Å². The van der Waals surface area contributed by atoms with E-state index in [1.165, 1.54) is 36.1 Å². The smallest absolute Gasteiger partial charge is 0.261 e. The summed E-state index contributed by atoms with van der Waals surface area (Å²) >= 11 is 1.67. The van der Waals surface area contributed by atoms with Crippen molar-refractivity contribution in [3.05, 3.63) is 21.4 Å². The topological polar surface area (TPSA) is 41.6 Å². The van der Waals surface area contributed by atoms with E-state index in [2.05, 4.69) is 16.3 Å². The zero-order valence-corrected chi connectivity index (χ0v) is 13.5. The van der Waals surface area contributed by atoms with Crippen LogP contribution in [0.25, 0.3) is 0 Å². The highest BCUT2D eigenvalue weighted by Gasteiger charge is 2.30. The van der Waals surface area contributed by atoms with Crippen LogP contribution >= 0.6 is 11.3 Å². The number of methoxy groups -OCH3 is 1. The number of hydrogen-bond donors (Lipinski definition) is 1. The molecule has 2 aliphatic rings. The number of hydrogen-bond acceptors (Lipinski definition) is 4. The molecule has 1 aliphatic carbocycles. The molecule has 1 amide bonds. The third-order valence-corrected chi connectivity index (χ3v) is 5.65. The Labute approximate surface area is 130 Å². The van der Waals surface area contributed by atoms with Gasteiger partial charge in [-0.15, -0.1) is 11.3 Å². The summed E-state index contributed by atoms with van der Waals surface area (Å²) in [5.74, 6) is 0.0675. The zero-order valence-electron chi connectivity index (χ0n) is 12.7. The van der Waals surface area contributed by atoms with Gasteiger partial charge in [0.25, 0.3) is 5.91 Å². The maximum Gasteiger partial charge on any atom is 0.261 e. The van der Waals surface area contributed by atoms with Gasteiger partial charge in [0.05, 0.1) is 4.88 Å². The van der Waals surface area contributed by atoms with Gasteiger partial charge in [0.2, 0.25) is 0 Å². The van der Waals surface area contributed by atoms with Crippen LogP contribution in [0.5, 0.6) is 0 Å². The van der Waals surface area contributed by atoms with Gasteiger partial charge in [-0.05, 0) is 30.9 Å².